The lowest BCUT2D eigenvalue weighted by atomic mass is 9.33. The number of fused-ring (bicyclic) bond motifs is 10. The molecule has 0 fully saturated rings. The maximum Gasteiger partial charge on any atom is 0.252 e. The number of pyridine rings is 1. The Hall–Kier alpha value is -11.7. The molecule has 0 spiro atoms. The van der Waals surface area contributed by atoms with E-state index in [1.807, 2.05) is 6.07 Å². The van der Waals surface area contributed by atoms with Gasteiger partial charge in [-0.1, -0.05) is 319 Å². The van der Waals surface area contributed by atoms with Crippen LogP contribution in [0.25, 0.3) is 111 Å². The first-order chi connectivity index (χ1) is 57.2. The van der Waals surface area contributed by atoms with Crippen LogP contribution in [0.4, 0.5) is 34.1 Å². The van der Waals surface area contributed by atoms with Crippen LogP contribution in [0.2, 0.25) is 0 Å². The average Bonchev–Trinajstić information content (AvgIpc) is 1.51. The standard InChI is InChI=1S/C107H102BN5/c1-102(2,3)72-48-54-92-84(61-72)85-62-73(103(4,5)6)49-55-93(85)111(92)78-51-53-88-95(66-78)113(101-83(69-38-26-21-27-39-69)63-76(106(13,14)15)64-86(101)89-44-33-47-98(109-89)107(16,17)18)97-59-71(70-56-74(104(7,8)9)60-75(57-70)105(10,11)12)58-96-99(97)108(88)87-52-50-77(110-90-45-30-28-40-81(90)82-41-29-31-46-91(82)110)65-94(87)112(96)100-79(67-34-22-19-23-35-67)42-32-43-80(100)68-36-24-20-25-37-68/h19-66H,1-18H3/i28D,29D,30D,31D,40D,41D,45D,46D. The van der Waals surface area contributed by atoms with Crippen LogP contribution in [0, 0.1) is 0 Å². The molecule has 3 aromatic heterocycles. The molecule has 13 aromatic carbocycles. The predicted octanol–water partition coefficient (Wildman–Crippen LogP) is 27.5. The molecule has 6 heteroatoms. The summed E-state index contributed by atoms with van der Waals surface area (Å²) in [6, 6.07) is 86.1. The number of para-hydroxylation sites is 3. The lowest BCUT2D eigenvalue weighted by Gasteiger charge is -2.46. The molecule has 0 atom stereocenters. The zero-order valence-electron chi connectivity index (χ0n) is 76.4. The predicted molar refractivity (Wildman–Crippen MR) is 486 cm³/mol. The van der Waals surface area contributed by atoms with Crippen LogP contribution in [0.15, 0.2) is 291 Å². The molecule has 5 nitrogen and oxygen atoms in total. The van der Waals surface area contributed by atoms with Gasteiger partial charge in [0.05, 0.1) is 50.1 Å². The molecule has 113 heavy (non-hydrogen) atoms. The monoisotopic (exact) mass is 1480 g/mol. The molecular weight excluding hydrogens is 1370 g/mol. The molecule has 0 amide bonds. The zero-order chi connectivity index (χ0) is 85.7. The Balaban J connectivity index is 1.08. The van der Waals surface area contributed by atoms with Crippen molar-refractivity contribution >= 4 is 101 Å². The van der Waals surface area contributed by atoms with Crippen LogP contribution in [-0.2, 0) is 32.5 Å². The summed E-state index contributed by atoms with van der Waals surface area (Å²) < 4.78 is 80.6. The Labute approximate surface area is 680 Å². The van der Waals surface area contributed by atoms with E-state index in [0.717, 1.165) is 134 Å². The maximum atomic E-state index is 9.98. The quantitative estimate of drug-likeness (QED) is 0.135. The molecule has 558 valence electrons. The average molecular weight is 1480 g/mol. The van der Waals surface area contributed by atoms with Gasteiger partial charge in [-0.05, 0) is 196 Å². The van der Waals surface area contributed by atoms with E-state index >= 15 is 0 Å². The summed E-state index contributed by atoms with van der Waals surface area (Å²) >= 11 is 0. The highest BCUT2D eigenvalue weighted by atomic mass is 15.2. The van der Waals surface area contributed by atoms with Gasteiger partial charge in [0.15, 0.2) is 0 Å². The fourth-order valence-electron chi connectivity index (χ4n) is 17.3. The number of hydrogen-bond donors (Lipinski definition) is 0. The third-order valence-electron chi connectivity index (χ3n) is 23.6. The second-order valence-corrected chi connectivity index (χ2v) is 37.5. The maximum absolute atomic E-state index is 9.98. The minimum Gasteiger partial charge on any atom is -0.310 e. The molecule has 0 bridgehead atoms. The van der Waals surface area contributed by atoms with Gasteiger partial charge in [-0.15, -0.1) is 0 Å². The first-order valence-electron chi connectivity index (χ1n) is 44.0. The Kier molecular flexibility index (Phi) is 15.0. The van der Waals surface area contributed by atoms with E-state index < -0.39 is 43.0 Å². The zero-order valence-corrected chi connectivity index (χ0v) is 68.4. The van der Waals surface area contributed by atoms with Gasteiger partial charge in [-0.3, -0.25) is 4.98 Å². The van der Waals surface area contributed by atoms with Gasteiger partial charge in [0.2, 0.25) is 0 Å². The summed E-state index contributed by atoms with van der Waals surface area (Å²) in [6.45, 7) is 40.6. The van der Waals surface area contributed by atoms with E-state index in [0.29, 0.717) is 5.69 Å². The number of rotatable bonds is 9. The molecule has 16 aromatic rings. The minimum absolute atomic E-state index is 0.00449. The van der Waals surface area contributed by atoms with Crippen molar-refractivity contribution in [3.63, 3.8) is 0 Å². The highest BCUT2D eigenvalue weighted by Crippen LogP contribution is 2.56. The summed E-state index contributed by atoms with van der Waals surface area (Å²) in [7, 11) is 0. The van der Waals surface area contributed by atoms with Gasteiger partial charge in [0.1, 0.15) is 0 Å². The number of aromatic nitrogens is 3. The van der Waals surface area contributed by atoms with Crippen LogP contribution < -0.4 is 26.2 Å². The van der Waals surface area contributed by atoms with Gasteiger partial charge in [0, 0.05) is 89.0 Å². The number of anilines is 6. The second kappa shape index (κ2) is 26.5. The molecular formula is C107H102BN5. The molecule has 0 saturated carbocycles. The number of benzene rings is 13. The topological polar surface area (TPSA) is 29.2 Å². The highest BCUT2D eigenvalue weighted by molar-refractivity contribution is 7.00. The lowest BCUT2D eigenvalue weighted by molar-refractivity contribution is 0.569. The van der Waals surface area contributed by atoms with Crippen molar-refractivity contribution in [3.05, 3.63) is 325 Å². The molecule has 2 aliphatic rings. The van der Waals surface area contributed by atoms with Gasteiger partial charge < -0.3 is 18.9 Å². The highest BCUT2D eigenvalue weighted by Gasteiger charge is 2.47. The van der Waals surface area contributed by atoms with Crippen LogP contribution in [0.3, 0.4) is 0 Å². The fourth-order valence-corrected chi connectivity index (χ4v) is 17.3. The molecule has 0 aliphatic carbocycles. The van der Waals surface area contributed by atoms with Crippen LogP contribution in [0.1, 0.15) is 169 Å². The van der Waals surface area contributed by atoms with E-state index in [-0.39, 0.29) is 66.4 Å². The first kappa shape index (κ1) is 63.9. The van der Waals surface area contributed by atoms with E-state index in [2.05, 4.69) is 376 Å². The van der Waals surface area contributed by atoms with E-state index in [1.165, 1.54) is 33.0 Å². The third kappa shape index (κ3) is 12.5. The Morgan fingerprint density at radius 1 is 0.283 bits per heavy atom. The Morgan fingerprint density at radius 3 is 1.13 bits per heavy atom. The van der Waals surface area contributed by atoms with Crippen LogP contribution in [0.5, 0.6) is 0 Å². The van der Waals surface area contributed by atoms with Crippen molar-refractivity contribution in [2.24, 2.45) is 0 Å². The SMILES string of the molecule is [2H]c1c([2H])c([2H])c2c(c1[2H])c1c([2H])c([2H])c([2H])c([2H])c1n2-c1ccc2c(c1)N(c1c(-c3ccccc3)cccc1-c1ccccc1)c1cc(-c3cc(C(C)(C)C)cc(C(C)(C)C)c3)cc3c1B2c1ccc(-n2c4ccc(C(C)(C)C)cc4c4cc(C(C)(C)C)ccc42)cc1N3c1c(-c2ccccc2)cc(C(C)(C)C)cc1-c1cccc(C(C)(C)C)n1. The number of nitrogens with zero attached hydrogens (tertiary/aromatic N) is 5. The molecule has 5 heterocycles. The summed E-state index contributed by atoms with van der Waals surface area (Å²) in [5.74, 6) is 0. The first-order valence-corrected chi connectivity index (χ1v) is 40.0. The van der Waals surface area contributed by atoms with Crippen molar-refractivity contribution in [1.82, 2.24) is 14.1 Å². The summed E-state index contributed by atoms with van der Waals surface area (Å²) in [4.78, 5) is 10.9. The molecule has 2 aliphatic heterocycles. The van der Waals surface area contributed by atoms with Crippen molar-refractivity contribution < 1.29 is 11.0 Å². The fraction of sp³-hybridized carbons (Fsp3) is 0.224. The smallest absolute Gasteiger partial charge is 0.252 e. The normalized spacial score (nSPS) is 14.3. The van der Waals surface area contributed by atoms with Gasteiger partial charge in [0.25, 0.3) is 6.71 Å². The summed E-state index contributed by atoms with van der Waals surface area (Å²) in [5, 5.41) is 2.35. The largest absolute Gasteiger partial charge is 0.310 e. The molecule has 0 saturated heterocycles. The van der Waals surface area contributed by atoms with E-state index in [9.17, 15) is 11.0 Å². The van der Waals surface area contributed by atoms with Crippen molar-refractivity contribution in [3.8, 4) is 67.1 Å². The van der Waals surface area contributed by atoms with Crippen molar-refractivity contribution in [2.45, 2.75) is 157 Å². The van der Waals surface area contributed by atoms with Crippen LogP contribution in [-0.4, -0.2) is 20.8 Å². The Morgan fingerprint density at radius 2 is 0.681 bits per heavy atom. The van der Waals surface area contributed by atoms with E-state index in [1.54, 1.807) is 4.57 Å². The summed E-state index contributed by atoms with van der Waals surface area (Å²) in [6.07, 6.45) is 0. The van der Waals surface area contributed by atoms with Crippen molar-refractivity contribution in [1.29, 1.82) is 0 Å². The molecule has 0 unspecified atom stereocenters. The van der Waals surface area contributed by atoms with E-state index in [4.69, 9.17) is 4.98 Å². The van der Waals surface area contributed by atoms with Gasteiger partial charge in [-0.25, -0.2) is 0 Å². The third-order valence-corrected chi connectivity index (χ3v) is 23.6. The molecule has 0 N–H and O–H groups in total. The second-order valence-electron chi connectivity index (χ2n) is 37.5. The Bertz CT molecular complexity index is 6760. The minimum atomic E-state index is -0.566. The van der Waals surface area contributed by atoms with Crippen molar-refractivity contribution in [2.75, 3.05) is 9.80 Å². The molecule has 18 rings (SSSR count). The summed E-state index contributed by atoms with van der Waals surface area (Å²) in [5.41, 5.74) is 26.9. The molecule has 0 radical (unpaired) electrons. The van der Waals surface area contributed by atoms with Gasteiger partial charge in [-0.2, -0.15) is 0 Å². The van der Waals surface area contributed by atoms with Gasteiger partial charge >= 0.3 is 0 Å². The van der Waals surface area contributed by atoms with Crippen LogP contribution >= 0.6 is 0 Å². The number of hydrogen-bond acceptors (Lipinski definition) is 3. The lowest BCUT2D eigenvalue weighted by Crippen LogP contribution is -2.61.